The highest BCUT2D eigenvalue weighted by Crippen LogP contribution is 2.20. The zero-order valence-electron chi connectivity index (χ0n) is 7.25. The van der Waals surface area contributed by atoms with Gasteiger partial charge in [0.25, 0.3) is 0 Å². The van der Waals surface area contributed by atoms with Crippen molar-refractivity contribution in [1.29, 1.82) is 0 Å². The highest BCUT2D eigenvalue weighted by Gasteiger charge is 2.16. The zero-order chi connectivity index (χ0) is 9.84. The topological polar surface area (TPSA) is 31.4 Å². The first-order chi connectivity index (χ1) is 6.19. The van der Waals surface area contributed by atoms with Crippen LogP contribution in [0.1, 0.15) is 12.0 Å². The molecular formula is C8H9BrFNO2. The second-order valence-electron chi connectivity index (χ2n) is 2.30. The molecule has 0 amide bonds. The smallest absolute Gasteiger partial charge is 0.203 e. The molecule has 0 saturated carbocycles. The molecule has 0 aliphatic rings. The lowest BCUT2D eigenvalue weighted by molar-refractivity contribution is -0.110. The summed E-state index contributed by atoms with van der Waals surface area (Å²) in [6.45, 7) is 0. The Balaban J connectivity index is 3.03. The molecule has 1 aromatic heterocycles. The molecule has 1 heterocycles. The van der Waals surface area contributed by atoms with Gasteiger partial charge in [0.05, 0.1) is 0 Å². The molecule has 0 bridgehead atoms. The summed E-state index contributed by atoms with van der Waals surface area (Å²) < 4.78 is 23.4. The monoisotopic (exact) mass is 249 g/mol. The fraction of sp³-hybridized carbons (Fsp3) is 0.375. The molecule has 0 aromatic carbocycles. The molecule has 3 nitrogen and oxygen atoms in total. The van der Waals surface area contributed by atoms with Crippen LogP contribution in [0.4, 0.5) is 4.39 Å². The molecule has 0 aliphatic carbocycles. The second-order valence-corrected chi connectivity index (χ2v) is 3.12. The van der Waals surface area contributed by atoms with E-state index in [1.807, 2.05) is 0 Å². The maximum atomic E-state index is 13.2. The molecule has 13 heavy (non-hydrogen) atoms. The van der Waals surface area contributed by atoms with Gasteiger partial charge in [0.15, 0.2) is 0 Å². The first-order valence-electron chi connectivity index (χ1n) is 3.56. The molecule has 0 N–H and O–H groups in total. The third kappa shape index (κ3) is 2.46. The van der Waals surface area contributed by atoms with E-state index < -0.39 is 12.1 Å². The van der Waals surface area contributed by atoms with Gasteiger partial charge in [0.1, 0.15) is 16.1 Å². The van der Waals surface area contributed by atoms with Crippen LogP contribution in [0.25, 0.3) is 0 Å². The van der Waals surface area contributed by atoms with Crippen molar-refractivity contribution in [2.45, 2.75) is 6.29 Å². The average molecular weight is 250 g/mol. The summed E-state index contributed by atoms with van der Waals surface area (Å²) in [6, 6.07) is 2.82. The van der Waals surface area contributed by atoms with Gasteiger partial charge in [0, 0.05) is 14.2 Å². The largest absolute Gasteiger partial charge is 0.350 e. The quantitative estimate of drug-likeness (QED) is 0.609. The summed E-state index contributed by atoms with van der Waals surface area (Å²) in [5, 5.41) is 0. The Bertz CT molecular complexity index is 291. The summed E-state index contributed by atoms with van der Waals surface area (Å²) in [7, 11) is 2.85. The molecule has 0 fully saturated rings. The maximum Gasteiger partial charge on any atom is 0.203 e. The highest BCUT2D eigenvalue weighted by atomic mass is 79.9. The van der Waals surface area contributed by atoms with E-state index in [1.54, 1.807) is 0 Å². The van der Waals surface area contributed by atoms with Crippen LogP contribution in [0.2, 0.25) is 0 Å². The van der Waals surface area contributed by atoms with E-state index in [0.717, 1.165) is 0 Å². The van der Waals surface area contributed by atoms with Crippen LogP contribution in [-0.2, 0) is 9.47 Å². The van der Waals surface area contributed by atoms with Gasteiger partial charge in [-0.05, 0) is 28.1 Å². The summed E-state index contributed by atoms with van der Waals surface area (Å²) in [5.41, 5.74) is 0.138. The second kappa shape index (κ2) is 4.64. The van der Waals surface area contributed by atoms with Gasteiger partial charge < -0.3 is 9.47 Å². The van der Waals surface area contributed by atoms with Gasteiger partial charge in [-0.3, -0.25) is 0 Å². The molecule has 1 rings (SSSR count). The van der Waals surface area contributed by atoms with Crippen molar-refractivity contribution < 1.29 is 13.9 Å². The summed E-state index contributed by atoms with van der Waals surface area (Å²) in [5.74, 6) is -0.447. The van der Waals surface area contributed by atoms with Gasteiger partial charge in [0.2, 0.25) is 6.29 Å². The number of halogens is 2. The SMILES string of the molecule is COC(OC)c1nc(Br)ccc1F. The lowest BCUT2D eigenvalue weighted by Gasteiger charge is -2.13. The van der Waals surface area contributed by atoms with E-state index in [2.05, 4.69) is 20.9 Å². The maximum absolute atomic E-state index is 13.2. The van der Waals surface area contributed by atoms with Crippen LogP contribution in [0.5, 0.6) is 0 Å². The van der Waals surface area contributed by atoms with Gasteiger partial charge in [-0.25, -0.2) is 9.37 Å². The minimum atomic E-state index is -0.766. The molecule has 0 radical (unpaired) electrons. The Hall–Kier alpha value is -0.520. The minimum absolute atomic E-state index is 0.138. The fourth-order valence-electron chi connectivity index (χ4n) is 0.918. The molecule has 0 spiro atoms. The average Bonchev–Trinajstić information content (AvgIpc) is 2.13. The van der Waals surface area contributed by atoms with Crippen LogP contribution in [-0.4, -0.2) is 19.2 Å². The van der Waals surface area contributed by atoms with Crippen LogP contribution in [0.3, 0.4) is 0 Å². The van der Waals surface area contributed by atoms with Crippen molar-refractivity contribution >= 4 is 15.9 Å². The zero-order valence-corrected chi connectivity index (χ0v) is 8.84. The summed E-state index contributed by atoms with van der Waals surface area (Å²) in [4.78, 5) is 3.91. The predicted molar refractivity (Wildman–Crippen MR) is 48.7 cm³/mol. The lowest BCUT2D eigenvalue weighted by atomic mass is 10.3. The number of pyridine rings is 1. The number of rotatable bonds is 3. The van der Waals surface area contributed by atoms with Gasteiger partial charge in [-0.1, -0.05) is 0 Å². The van der Waals surface area contributed by atoms with Crippen molar-refractivity contribution in [3.8, 4) is 0 Å². The lowest BCUT2D eigenvalue weighted by Crippen LogP contribution is -2.08. The minimum Gasteiger partial charge on any atom is -0.350 e. The highest BCUT2D eigenvalue weighted by molar-refractivity contribution is 9.10. The van der Waals surface area contributed by atoms with E-state index in [0.29, 0.717) is 4.60 Å². The molecule has 0 atom stereocenters. The first-order valence-corrected chi connectivity index (χ1v) is 4.36. The molecule has 0 unspecified atom stereocenters. The van der Waals surface area contributed by atoms with Gasteiger partial charge in [-0.15, -0.1) is 0 Å². The van der Waals surface area contributed by atoms with Crippen LogP contribution in [0, 0.1) is 5.82 Å². The number of hydrogen-bond acceptors (Lipinski definition) is 3. The number of aromatic nitrogens is 1. The molecule has 0 saturated heterocycles. The molecule has 72 valence electrons. The number of methoxy groups -OCH3 is 2. The van der Waals surface area contributed by atoms with E-state index in [4.69, 9.17) is 9.47 Å². The Kier molecular flexibility index (Phi) is 3.77. The van der Waals surface area contributed by atoms with E-state index in [1.165, 1.54) is 26.4 Å². The summed E-state index contributed by atoms with van der Waals surface area (Å²) in [6.07, 6.45) is -0.766. The van der Waals surface area contributed by atoms with Crippen molar-refractivity contribution in [2.24, 2.45) is 0 Å². The molecular weight excluding hydrogens is 241 g/mol. The molecule has 1 aromatic rings. The Labute approximate surface area is 84.0 Å². The standard InChI is InChI=1S/C8H9BrFNO2/c1-12-8(13-2)7-5(10)3-4-6(9)11-7/h3-4,8H,1-2H3. The predicted octanol–water partition coefficient (Wildman–Crippen LogP) is 2.27. The van der Waals surface area contributed by atoms with Crippen molar-refractivity contribution in [2.75, 3.05) is 14.2 Å². The fourth-order valence-corrected chi connectivity index (χ4v) is 1.24. The number of hydrogen-bond donors (Lipinski definition) is 0. The summed E-state index contributed by atoms with van der Waals surface area (Å²) >= 11 is 3.13. The molecule has 5 heteroatoms. The molecule has 0 aliphatic heterocycles. The van der Waals surface area contributed by atoms with Crippen molar-refractivity contribution in [3.63, 3.8) is 0 Å². The normalized spacial score (nSPS) is 10.8. The number of nitrogens with zero attached hydrogens (tertiary/aromatic N) is 1. The van der Waals surface area contributed by atoms with Gasteiger partial charge in [-0.2, -0.15) is 0 Å². The Morgan fingerprint density at radius 1 is 1.38 bits per heavy atom. The number of ether oxygens (including phenoxy) is 2. The first kappa shape index (κ1) is 10.6. The van der Waals surface area contributed by atoms with Crippen LogP contribution >= 0.6 is 15.9 Å². The van der Waals surface area contributed by atoms with Crippen molar-refractivity contribution in [1.82, 2.24) is 4.98 Å². The van der Waals surface area contributed by atoms with E-state index in [9.17, 15) is 4.39 Å². The third-order valence-corrected chi connectivity index (χ3v) is 1.93. The van der Waals surface area contributed by atoms with Crippen LogP contribution < -0.4 is 0 Å². The van der Waals surface area contributed by atoms with Gasteiger partial charge >= 0.3 is 0 Å². The van der Waals surface area contributed by atoms with Crippen LogP contribution in [0.15, 0.2) is 16.7 Å². The van der Waals surface area contributed by atoms with Crippen molar-refractivity contribution in [3.05, 3.63) is 28.2 Å². The Morgan fingerprint density at radius 3 is 2.54 bits per heavy atom. The van der Waals surface area contributed by atoms with E-state index in [-0.39, 0.29) is 5.69 Å². The Morgan fingerprint density at radius 2 is 2.00 bits per heavy atom. The van der Waals surface area contributed by atoms with E-state index >= 15 is 0 Å². The third-order valence-electron chi connectivity index (χ3n) is 1.49.